The molecule has 0 aliphatic carbocycles. The van der Waals surface area contributed by atoms with E-state index >= 15 is 0 Å². The molecule has 1 aromatic heterocycles. The number of tetrazole rings is 1. The third kappa shape index (κ3) is 3.72. The van der Waals surface area contributed by atoms with Gasteiger partial charge in [-0.2, -0.15) is 0 Å². The molecule has 1 heterocycles. The van der Waals surface area contributed by atoms with Crippen LogP contribution < -0.4 is 5.84 Å². The van der Waals surface area contributed by atoms with E-state index in [4.69, 9.17) is 5.84 Å². The van der Waals surface area contributed by atoms with Crippen molar-refractivity contribution in [3.05, 3.63) is 5.82 Å². The van der Waals surface area contributed by atoms with Gasteiger partial charge >= 0.3 is 0 Å². The first-order chi connectivity index (χ1) is 6.84. The van der Waals surface area contributed by atoms with Crippen molar-refractivity contribution < 1.29 is 0 Å². The fraction of sp³-hybridized carbons (Fsp3) is 0.889. The Kier molecular flexibility index (Phi) is 4.96. The maximum absolute atomic E-state index is 5.48. The number of nitrogen functional groups attached to an aromatic ring is 1. The van der Waals surface area contributed by atoms with Gasteiger partial charge in [0.15, 0.2) is 5.82 Å². The fourth-order valence-electron chi connectivity index (χ4n) is 1.44. The van der Waals surface area contributed by atoms with Crippen molar-refractivity contribution in [1.82, 2.24) is 20.3 Å². The molecule has 1 rings (SSSR count). The van der Waals surface area contributed by atoms with Crippen LogP contribution in [-0.2, 0) is 6.42 Å². The second-order valence-corrected chi connectivity index (χ2v) is 3.56. The molecule has 1 aromatic rings. The molecular weight excluding hydrogens is 178 g/mol. The Labute approximate surface area is 84.6 Å². The van der Waals surface area contributed by atoms with Crippen molar-refractivity contribution in [3.63, 3.8) is 0 Å². The Balaban J connectivity index is 2.02. The van der Waals surface area contributed by atoms with Crippen LogP contribution in [0.1, 0.15) is 51.3 Å². The van der Waals surface area contributed by atoms with Crippen molar-refractivity contribution in [2.75, 3.05) is 5.84 Å². The summed E-state index contributed by atoms with van der Waals surface area (Å²) in [6.07, 6.45) is 8.53. The summed E-state index contributed by atoms with van der Waals surface area (Å²) in [5, 5.41) is 10.9. The van der Waals surface area contributed by atoms with Crippen molar-refractivity contribution in [3.8, 4) is 0 Å². The highest BCUT2D eigenvalue weighted by atomic mass is 15.6. The Hall–Kier alpha value is -1.13. The van der Waals surface area contributed by atoms with Crippen molar-refractivity contribution in [2.45, 2.75) is 51.9 Å². The summed E-state index contributed by atoms with van der Waals surface area (Å²) >= 11 is 0. The Bertz CT molecular complexity index is 245. The SMILES string of the molecule is CCCCCCCCc1nnnn1N. The summed E-state index contributed by atoms with van der Waals surface area (Å²) in [4.78, 5) is 1.26. The lowest BCUT2D eigenvalue weighted by atomic mass is 10.1. The third-order valence-electron chi connectivity index (χ3n) is 2.31. The lowest BCUT2D eigenvalue weighted by molar-refractivity contribution is 0.593. The summed E-state index contributed by atoms with van der Waals surface area (Å²) in [5.41, 5.74) is 0. The summed E-state index contributed by atoms with van der Waals surface area (Å²) in [6, 6.07) is 0. The van der Waals surface area contributed by atoms with Gasteiger partial charge in [0, 0.05) is 6.42 Å². The number of rotatable bonds is 7. The molecule has 0 unspecified atom stereocenters. The molecule has 5 heteroatoms. The molecule has 0 atom stereocenters. The number of nitrogens with two attached hydrogens (primary N) is 1. The zero-order valence-electron chi connectivity index (χ0n) is 8.82. The number of aryl methyl sites for hydroxylation is 1. The maximum Gasteiger partial charge on any atom is 0.174 e. The average molecular weight is 197 g/mol. The van der Waals surface area contributed by atoms with Crippen LogP contribution >= 0.6 is 0 Å². The molecule has 0 spiro atoms. The lowest BCUT2D eigenvalue weighted by Crippen LogP contribution is -2.14. The van der Waals surface area contributed by atoms with Crippen molar-refractivity contribution in [2.24, 2.45) is 0 Å². The molecular formula is C9H19N5. The quantitative estimate of drug-likeness (QED) is 0.528. The standard InChI is InChI=1S/C9H19N5/c1-2-3-4-5-6-7-8-9-11-12-13-14(9)10/h2-8,10H2,1H3. The first kappa shape index (κ1) is 10.9. The van der Waals surface area contributed by atoms with Gasteiger partial charge in [-0.05, 0) is 16.8 Å². The topological polar surface area (TPSA) is 69.6 Å². The molecule has 0 amide bonds. The predicted octanol–water partition coefficient (Wildman–Crippen LogP) is 1.29. The molecule has 0 aromatic carbocycles. The van der Waals surface area contributed by atoms with Crippen LogP contribution in [0.15, 0.2) is 0 Å². The summed E-state index contributed by atoms with van der Waals surface area (Å²) in [7, 11) is 0. The van der Waals surface area contributed by atoms with Gasteiger partial charge in [-0.1, -0.05) is 39.0 Å². The monoisotopic (exact) mass is 197 g/mol. The summed E-state index contributed by atoms with van der Waals surface area (Å²) in [5.74, 6) is 6.26. The minimum Gasteiger partial charge on any atom is -0.320 e. The zero-order chi connectivity index (χ0) is 10.2. The van der Waals surface area contributed by atoms with E-state index in [2.05, 4.69) is 22.4 Å². The number of aromatic nitrogens is 4. The van der Waals surface area contributed by atoms with Gasteiger partial charge in [-0.3, -0.25) is 0 Å². The molecule has 80 valence electrons. The van der Waals surface area contributed by atoms with E-state index < -0.39 is 0 Å². The third-order valence-corrected chi connectivity index (χ3v) is 2.31. The first-order valence-corrected chi connectivity index (χ1v) is 5.37. The number of hydrogen-bond acceptors (Lipinski definition) is 4. The van der Waals surface area contributed by atoms with E-state index in [1.54, 1.807) is 0 Å². The number of nitrogens with zero attached hydrogens (tertiary/aromatic N) is 4. The smallest absolute Gasteiger partial charge is 0.174 e. The van der Waals surface area contributed by atoms with Gasteiger partial charge in [0.2, 0.25) is 0 Å². The van der Waals surface area contributed by atoms with E-state index in [1.807, 2.05) is 0 Å². The van der Waals surface area contributed by atoms with Crippen LogP contribution in [0.4, 0.5) is 0 Å². The van der Waals surface area contributed by atoms with E-state index in [9.17, 15) is 0 Å². The van der Waals surface area contributed by atoms with Crippen LogP contribution in [0, 0.1) is 0 Å². The molecule has 0 fully saturated rings. The molecule has 14 heavy (non-hydrogen) atoms. The molecule has 0 saturated heterocycles. The number of hydrogen-bond donors (Lipinski definition) is 1. The maximum atomic E-state index is 5.48. The summed E-state index contributed by atoms with van der Waals surface area (Å²) < 4.78 is 0. The predicted molar refractivity (Wildman–Crippen MR) is 55.0 cm³/mol. The highest BCUT2D eigenvalue weighted by Gasteiger charge is 2.01. The van der Waals surface area contributed by atoms with Crippen molar-refractivity contribution >= 4 is 0 Å². The molecule has 2 N–H and O–H groups in total. The minimum absolute atomic E-state index is 0.778. The average Bonchev–Trinajstić information content (AvgIpc) is 2.58. The van der Waals surface area contributed by atoms with Gasteiger partial charge < -0.3 is 5.84 Å². The van der Waals surface area contributed by atoms with Crippen molar-refractivity contribution in [1.29, 1.82) is 0 Å². The fourth-order valence-corrected chi connectivity index (χ4v) is 1.44. The van der Waals surface area contributed by atoms with Gasteiger partial charge in [0.05, 0.1) is 0 Å². The Morgan fingerprint density at radius 3 is 2.50 bits per heavy atom. The van der Waals surface area contributed by atoms with Crippen LogP contribution in [0.3, 0.4) is 0 Å². The largest absolute Gasteiger partial charge is 0.320 e. The summed E-state index contributed by atoms with van der Waals surface area (Å²) in [6.45, 7) is 2.22. The van der Waals surface area contributed by atoms with Crippen LogP contribution in [0.25, 0.3) is 0 Å². The molecule has 0 saturated carbocycles. The number of unbranched alkanes of at least 4 members (excludes halogenated alkanes) is 5. The second kappa shape index (κ2) is 6.34. The van der Waals surface area contributed by atoms with Gasteiger partial charge in [0.1, 0.15) is 0 Å². The molecule has 0 aliphatic heterocycles. The Morgan fingerprint density at radius 2 is 1.86 bits per heavy atom. The van der Waals surface area contributed by atoms with Crippen LogP contribution in [0.5, 0.6) is 0 Å². The van der Waals surface area contributed by atoms with Gasteiger partial charge in [-0.15, -0.1) is 9.89 Å². The van der Waals surface area contributed by atoms with E-state index in [-0.39, 0.29) is 0 Å². The Morgan fingerprint density at radius 1 is 1.14 bits per heavy atom. The van der Waals surface area contributed by atoms with E-state index in [1.165, 1.54) is 36.9 Å². The molecule has 0 bridgehead atoms. The molecule has 0 radical (unpaired) electrons. The minimum atomic E-state index is 0.778. The van der Waals surface area contributed by atoms with Gasteiger partial charge in [-0.25, -0.2) is 0 Å². The van der Waals surface area contributed by atoms with E-state index in [0.717, 1.165) is 18.7 Å². The highest BCUT2D eigenvalue weighted by molar-refractivity contribution is 4.79. The molecule has 5 nitrogen and oxygen atoms in total. The normalized spacial score (nSPS) is 10.6. The molecule has 0 aliphatic rings. The first-order valence-electron chi connectivity index (χ1n) is 5.37. The lowest BCUT2D eigenvalue weighted by Gasteiger charge is -1.99. The second-order valence-electron chi connectivity index (χ2n) is 3.56. The van der Waals surface area contributed by atoms with Crippen LogP contribution in [-0.4, -0.2) is 20.3 Å². The zero-order valence-corrected chi connectivity index (χ0v) is 8.82. The van der Waals surface area contributed by atoms with E-state index in [0.29, 0.717) is 0 Å². The van der Waals surface area contributed by atoms with Crippen LogP contribution in [0.2, 0.25) is 0 Å². The highest BCUT2D eigenvalue weighted by Crippen LogP contribution is 2.06. The van der Waals surface area contributed by atoms with Gasteiger partial charge in [0.25, 0.3) is 0 Å².